The first kappa shape index (κ1) is 14.0. The third-order valence-electron chi connectivity index (χ3n) is 2.56. The summed E-state index contributed by atoms with van der Waals surface area (Å²) < 4.78 is 1.50. The summed E-state index contributed by atoms with van der Waals surface area (Å²) in [5.74, 6) is -0.216. The maximum atomic E-state index is 12.1. The van der Waals surface area contributed by atoms with Crippen molar-refractivity contribution in [2.24, 2.45) is 0 Å². The number of hydrogen-bond donors (Lipinski definition) is 2. The smallest absolute Gasteiger partial charge is 0.255 e. The predicted molar refractivity (Wildman–Crippen MR) is 83.2 cm³/mol. The molecular weight excluding hydrogens is 374 g/mol. The Balaban J connectivity index is 2.23. The Morgan fingerprint density at radius 2 is 2.00 bits per heavy atom. The van der Waals surface area contributed by atoms with Gasteiger partial charge in [-0.1, -0.05) is 0 Å². The van der Waals surface area contributed by atoms with Crippen LogP contribution >= 0.6 is 31.9 Å². The molecule has 0 radical (unpaired) electrons. The van der Waals surface area contributed by atoms with Gasteiger partial charge >= 0.3 is 0 Å². The highest BCUT2D eigenvalue weighted by Crippen LogP contribution is 2.22. The van der Waals surface area contributed by atoms with Gasteiger partial charge in [0.2, 0.25) is 0 Å². The first-order chi connectivity index (χ1) is 8.97. The van der Waals surface area contributed by atoms with Crippen LogP contribution < -0.4 is 11.1 Å². The summed E-state index contributed by atoms with van der Waals surface area (Å²) in [6.45, 7) is 1.83. The minimum absolute atomic E-state index is 0.216. The molecule has 3 N–H and O–H groups in total. The predicted octanol–water partition coefficient (Wildman–Crippen LogP) is 3.75. The lowest BCUT2D eigenvalue weighted by Gasteiger charge is -2.09. The molecule has 19 heavy (non-hydrogen) atoms. The van der Waals surface area contributed by atoms with Crippen LogP contribution in [0.5, 0.6) is 0 Å². The summed E-state index contributed by atoms with van der Waals surface area (Å²) in [7, 11) is 0. The van der Waals surface area contributed by atoms with E-state index in [0.717, 1.165) is 14.8 Å². The van der Waals surface area contributed by atoms with Crippen LogP contribution in [0.25, 0.3) is 0 Å². The second kappa shape index (κ2) is 5.71. The van der Waals surface area contributed by atoms with Gasteiger partial charge in [0.25, 0.3) is 5.91 Å². The summed E-state index contributed by atoms with van der Waals surface area (Å²) in [6.07, 6.45) is 0. The van der Waals surface area contributed by atoms with Crippen molar-refractivity contribution in [1.82, 2.24) is 4.98 Å². The molecule has 0 spiro atoms. The highest BCUT2D eigenvalue weighted by atomic mass is 79.9. The number of nitrogens with two attached hydrogens (primary N) is 1. The fraction of sp³-hybridized carbons (Fsp3) is 0.0769. The fourth-order valence-electron chi connectivity index (χ4n) is 1.54. The Bertz CT molecular complexity index is 644. The largest absolute Gasteiger partial charge is 0.398 e. The lowest BCUT2D eigenvalue weighted by molar-refractivity contribution is 0.102. The topological polar surface area (TPSA) is 68.0 Å². The van der Waals surface area contributed by atoms with Gasteiger partial charge in [-0.25, -0.2) is 4.98 Å². The number of halogens is 2. The van der Waals surface area contributed by atoms with E-state index in [1.165, 1.54) is 0 Å². The number of anilines is 2. The Morgan fingerprint density at radius 3 is 2.63 bits per heavy atom. The molecule has 6 heteroatoms. The maximum Gasteiger partial charge on any atom is 0.255 e. The van der Waals surface area contributed by atoms with Crippen LogP contribution in [0, 0.1) is 6.92 Å². The van der Waals surface area contributed by atoms with Gasteiger partial charge in [0.1, 0.15) is 4.60 Å². The minimum atomic E-state index is -0.216. The van der Waals surface area contributed by atoms with Gasteiger partial charge in [0.05, 0.1) is 11.4 Å². The van der Waals surface area contributed by atoms with Gasteiger partial charge in [0.15, 0.2) is 0 Å². The summed E-state index contributed by atoms with van der Waals surface area (Å²) in [6, 6.07) is 8.65. The number of aromatic nitrogens is 1. The van der Waals surface area contributed by atoms with E-state index in [9.17, 15) is 4.79 Å². The number of nitrogen functional groups attached to an aromatic ring is 1. The first-order valence-electron chi connectivity index (χ1n) is 5.47. The molecule has 1 aromatic heterocycles. The van der Waals surface area contributed by atoms with E-state index in [4.69, 9.17) is 5.73 Å². The lowest BCUT2D eigenvalue weighted by Crippen LogP contribution is -2.13. The third kappa shape index (κ3) is 3.33. The molecule has 1 heterocycles. The number of carbonyl (C=O) groups excluding carboxylic acids is 1. The molecule has 2 aromatic rings. The molecule has 0 atom stereocenters. The van der Waals surface area contributed by atoms with Crippen LogP contribution in [-0.4, -0.2) is 10.9 Å². The monoisotopic (exact) mass is 383 g/mol. The number of amides is 1. The molecule has 4 nitrogen and oxygen atoms in total. The summed E-state index contributed by atoms with van der Waals surface area (Å²) in [4.78, 5) is 16.3. The summed E-state index contributed by atoms with van der Waals surface area (Å²) in [5, 5.41) is 2.81. The van der Waals surface area contributed by atoms with Crippen LogP contribution in [0.2, 0.25) is 0 Å². The standard InChI is InChI=1S/C13H11Br2N3O/c1-7-11(4-5-12(15)17-7)18-13(19)8-2-3-9(14)10(16)6-8/h2-6H,16H2,1H3,(H,18,19). The zero-order valence-electron chi connectivity index (χ0n) is 10.1. The van der Waals surface area contributed by atoms with E-state index in [2.05, 4.69) is 42.2 Å². The van der Waals surface area contributed by atoms with Crippen molar-refractivity contribution in [1.29, 1.82) is 0 Å². The van der Waals surface area contributed by atoms with E-state index in [1.807, 2.05) is 6.92 Å². The molecule has 2 rings (SSSR count). The number of nitrogens with zero attached hydrogens (tertiary/aromatic N) is 1. The SMILES string of the molecule is Cc1nc(Br)ccc1NC(=O)c1ccc(Br)c(N)c1. The quantitative estimate of drug-likeness (QED) is 0.612. The molecule has 1 amide bonds. The number of carbonyl (C=O) groups is 1. The van der Waals surface area contributed by atoms with Gasteiger partial charge < -0.3 is 11.1 Å². The van der Waals surface area contributed by atoms with Crippen LogP contribution in [-0.2, 0) is 0 Å². The first-order valence-corrected chi connectivity index (χ1v) is 7.05. The van der Waals surface area contributed by atoms with Crippen LogP contribution in [0.15, 0.2) is 39.4 Å². The number of benzene rings is 1. The van der Waals surface area contributed by atoms with Crippen molar-refractivity contribution < 1.29 is 4.79 Å². The van der Waals surface area contributed by atoms with Crippen molar-refractivity contribution in [3.63, 3.8) is 0 Å². The third-order valence-corrected chi connectivity index (χ3v) is 3.72. The Labute approximate surface area is 127 Å². The van der Waals surface area contributed by atoms with Crippen LogP contribution in [0.4, 0.5) is 11.4 Å². The number of nitrogens with one attached hydrogen (secondary N) is 1. The van der Waals surface area contributed by atoms with E-state index < -0.39 is 0 Å². The van der Waals surface area contributed by atoms with E-state index in [1.54, 1.807) is 30.3 Å². The van der Waals surface area contributed by atoms with Crippen molar-refractivity contribution in [3.8, 4) is 0 Å². The molecule has 0 saturated carbocycles. The fourth-order valence-corrected chi connectivity index (χ4v) is 2.19. The molecule has 0 bridgehead atoms. The molecule has 0 aliphatic rings. The average molecular weight is 385 g/mol. The van der Waals surface area contributed by atoms with Gasteiger partial charge in [-0.15, -0.1) is 0 Å². The summed E-state index contributed by atoms with van der Waals surface area (Å²) >= 11 is 6.57. The summed E-state index contributed by atoms with van der Waals surface area (Å²) in [5.41, 5.74) is 8.20. The van der Waals surface area contributed by atoms with Crippen molar-refractivity contribution in [2.75, 3.05) is 11.1 Å². The zero-order chi connectivity index (χ0) is 14.0. The van der Waals surface area contributed by atoms with E-state index >= 15 is 0 Å². The van der Waals surface area contributed by atoms with Gasteiger partial charge in [-0.05, 0) is 69.1 Å². The number of pyridine rings is 1. The van der Waals surface area contributed by atoms with Crippen LogP contribution in [0.1, 0.15) is 16.1 Å². The van der Waals surface area contributed by atoms with Crippen molar-refractivity contribution in [2.45, 2.75) is 6.92 Å². The Kier molecular flexibility index (Phi) is 4.21. The van der Waals surface area contributed by atoms with Crippen LogP contribution in [0.3, 0.4) is 0 Å². The van der Waals surface area contributed by atoms with Gasteiger partial charge in [-0.2, -0.15) is 0 Å². The number of aryl methyl sites for hydroxylation is 1. The van der Waals surface area contributed by atoms with E-state index in [-0.39, 0.29) is 5.91 Å². The van der Waals surface area contributed by atoms with Gasteiger partial charge in [-0.3, -0.25) is 4.79 Å². The lowest BCUT2D eigenvalue weighted by atomic mass is 10.2. The highest BCUT2D eigenvalue weighted by molar-refractivity contribution is 9.10. The molecule has 1 aromatic carbocycles. The molecule has 0 aliphatic heterocycles. The molecular formula is C13H11Br2N3O. The maximum absolute atomic E-state index is 12.1. The second-order valence-corrected chi connectivity index (χ2v) is 5.62. The molecule has 98 valence electrons. The molecule has 0 aliphatic carbocycles. The Morgan fingerprint density at radius 1 is 1.26 bits per heavy atom. The second-order valence-electron chi connectivity index (χ2n) is 3.96. The minimum Gasteiger partial charge on any atom is -0.398 e. The van der Waals surface area contributed by atoms with Gasteiger partial charge in [0, 0.05) is 15.7 Å². The van der Waals surface area contributed by atoms with E-state index in [0.29, 0.717) is 16.9 Å². The number of hydrogen-bond acceptors (Lipinski definition) is 3. The molecule has 0 saturated heterocycles. The normalized spacial score (nSPS) is 10.3. The Hall–Kier alpha value is -1.40. The number of rotatable bonds is 2. The van der Waals surface area contributed by atoms with Crippen molar-refractivity contribution in [3.05, 3.63) is 50.7 Å². The zero-order valence-corrected chi connectivity index (χ0v) is 13.2. The highest BCUT2D eigenvalue weighted by Gasteiger charge is 2.09. The average Bonchev–Trinajstić information content (AvgIpc) is 2.36. The molecule has 0 fully saturated rings. The van der Waals surface area contributed by atoms with Crippen molar-refractivity contribution >= 4 is 49.1 Å². The molecule has 0 unspecified atom stereocenters.